The zero-order valence-electron chi connectivity index (χ0n) is 14.7. The summed E-state index contributed by atoms with van der Waals surface area (Å²) in [4.78, 5) is 0. The van der Waals surface area contributed by atoms with Gasteiger partial charge in [0.05, 0.1) is 7.11 Å². The summed E-state index contributed by atoms with van der Waals surface area (Å²) >= 11 is 5.31. The van der Waals surface area contributed by atoms with Crippen molar-refractivity contribution in [1.82, 2.24) is 5.43 Å². The minimum Gasteiger partial charge on any atom is -0.507 e. The van der Waals surface area contributed by atoms with Gasteiger partial charge in [-0.15, -0.1) is 0 Å². The van der Waals surface area contributed by atoms with E-state index in [2.05, 4.69) is 15.8 Å². The van der Waals surface area contributed by atoms with Crippen molar-refractivity contribution in [3.63, 3.8) is 0 Å². The maximum absolute atomic E-state index is 10.4. The highest BCUT2D eigenvalue weighted by Gasteiger charge is 2.13. The molecule has 0 amide bonds. The average molecular weight is 377 g/mol. The standard InChI is InChI=1S/C21H19N3O2S/c1-26-17-12-13-18(19(25)14-17)20(15-8-4-2-5-9-15)23-24-21(27)22-16-10-6-3-7-11-16/h2-14,25H,1H3,(H2,22,24,27). The Labute approximate surface area is 163 Å². The first kappa shape index (κ1) is 18.4. The van der Waals surface area contributed by atoms with Crippen LogP contribution in [0.4, 0.5) is 5.69 Å². The lowest BCUT2D eigenvalue weighted by Crippen LogP contribution is -2.25. The second kappa shape index (κ2) is 8.82. The molecule has 0 fully saturated rings. The largest absolute Gasteiger partial charge is 0.507 e. The third-order valence-electron chi connectivity index (χ3n) is 3.81. The van der Waals surface area contributed by atoms with Crippen LogP contribution < -0.4 is 15.5 Å². The van der Waals surface area contributed by atoms with Crippen molar-refractivity contribution in [2.75, 3.05) is 12.4 Å². The number of hydrogen-bond acceptors (Lipinski definition) is 4. The number of aromatic hydroxyl groups is 1. The van der Waals surface area contributed by atoms with Crippen molar-refractivity contribution in [3.8, 4) is 11.5 Å². The Morgan fingerprint density at radius 2 is 1.63 bits per heavy atom. The third kappa shape index (κ3) is 4.83. The van der Waals surface area contributed by atoms with E-state index in [-0.39, 0.29) is 5.75 Å². The van der Waals surface area contributed by atoms with Crippen LogP contribution in [0.2, 0.25) is 0 Å². The lowest BCUT2D eigenvalue weighted by molar-refractivity contribution is 0.407. The minimum absolute atomic E-state index is 0.0701. The Bertz CT molecular complexity index is 944. The summed E-state index contributed by atoms with van der Waals surface area (Å²) in [6.07, 6.45) is 0. The van der Waals surface area contributed by atoms with E-state index >= 15 is 0 Å². The molecule has 0 radical (unpaired) electrons. The number of ether oxygens (including phenoxy) is 1. The molecule has 0 bridgehead atoms. The lowest BCUT2D eigenvalue weighted by Gasteiger charge is -2.12. The van der Waals surface area contributed by atoms with Gasteiger partial charge < -0.3 is 15.2 Å². The van der Waals surface area contributed by atoms with E-state index in [1.165, 1.54) is 0 Å². The van der Waals surface area contributed by atoms with Crippen LogP contribution in [0.3, 0.4) is 0 Å². The zero-order chi connectivity index (χ0) is 19.1. The van der Waals surface area contributed by atoms with Gasteiger partial charge in [-0.2, -0.15) is 5.10 Å². The molecule has 0 aliphatic rings. The fourth-order valence-corrected chi connectivity index (χ4v) is 2.67. The van der Waals surface area contributed by atoms with Gasteiger partial charge in [-0.25, -0.2) is 0 Å². The zero-order valence-corrected chi connectivity index (χ0v) is 15.5. The normalized spacial score (nSPS) is 10.9. The number of hydrogen-bond donors (Lipinski definition) is 3. The molecule has 3 aromatic carbocycles. The predicted molar refractivity (Wildman–Crippen MR) is 113 cm³/mol. The van der Waals surface area contributed by atoms with Gasteiger partial charge in [0, 0.05) is 22.9 Å². The number of thiocarbonyl (C=S) groups is 1. The molecule has 0 aromatic heterocycles. The third-order valence-corrected chi connectivity index (χ3v) is 4.00. The highest BCUT2D eigenvalue weighted by Crippen LogP contribution is 2.26. The number of anilines is 1. The van der Waals surface area contributed by atoms with Crippen molar-refractivity contribution in [2.45, 2.75) is 0 Å². The summed E-state index contributed by atoms with van der Waals surface area (Å²) in [5, 5.41) is 18.3. The predicted octanol–water partition coefficient (Wildman–Crippen LogP) is 4.14. The number of benzene rings is 3. The van der Waals surface area contributed by atoms with Crippen molar-refractivity contribution in [3.05, 3.63) is 90.0 Å². The van der Waals surface area contributed by atoms with Crippen LogP contribution in [-0.4, -0.2) is 23.0 Å². The molecular weight excluding hydrogens is 358 g/mol. The summed E-state index contributed by atoms with van der Waals surface area (Å²) in [7, 11) is 1.55. The van der Waals surface area contributed by atoms with E-state index in [0.717, 1.165) is 11.3 Å². The molecule has 136 valence electrons. The molecular formula is C21H19N3O2S. The second-order valence-corrected chi connectivity index (χ2v) is 6.05. The van der Waals surface area contributed by atoms with E-state index in [1.807, 2.05) is 60.7 Å². The van der Waals surface area contributed by atoms with E-state index in [0.29, 0.717) is 22.1 Å². The van der Waals surface area contributed by atoms with Crippen molar-refractivity contribution >= 4 is 28.7 Å². The Morgan fingerprint density at radius 1 is 0.963 bits per heavy atom. The number of hydrazone groups is 1. The van der Waals surface area contributed by atoms with E-state index in [9.17, 15) is 5.11 Å². The first-order valence-electron chi connectivity index (χ1n) is 8.30. The molecule has 0 aliphatic heterocycles. The molecule has 0 saturated carbocycles. The van der Waals surface area contributed by atoms with Crippen LogP contribution in [0.1, 0.15) is 11.1 Å². The Balaban J connectivity index is 1.88. The van der Waals surface area contributed by atoms with Crippen molar-refractivity contribution < 1.29 is 9.84 Å². The van der Waals surface area contributed by atoms with Gasteiger partial charge in [0.15, 0.2) is 5.11 Å². The van der Waals surface area contributed by atoms with Crippen LogP contribution in [0, 0.1) is 0 Å². The number of rotatable bonds is 5. The van der Waals surface area contributed by atoms with Crippen LogP contribution in [0.5, 0.6) is 11.5 Å². The Morgan fingerprint density at radius 3 is 2.26 bits per heavy atom. The van der Waals surface area contributed by atoms with Gasteiger partial charge in [0.1, 0.15) is 17.2 Å². The highest BCUT2D eigenvalue weighted by atomic mass is 32.1. The average Bonchev–Trinajstić information content (AvgIpc) is 2.70. The molecule has 0 saturated heterocycles. The van der Waals surface area contributed by atoms with Crippen LogP contribution in [0.25, 0.3) is 0 Å². The number of para-hydroxylation sites is 1. The van der Waals surface area contributed by atoms with Gasteiger partial charge >= 0.3 is 0 Å². The summed E-state index contributed by atoms with van der Waals surface area (Å²) < 4.78 is 5.15. The van der Waals surface area contributed by atoms with Gasteiger partial charge in [-0.3, -0.25) is 5.43 Å². The number of phenols is 1. The summed E-state index contributed by atoms with van der Waals surface area (Å²) in [6, 6.07) is 24.2. The summed E-state index contributed by atoms with van der Waals surface area (Å²) in [5.41, 5.74) is 5.68. The molecule has 0 heterocycles. The Hall–Kier alpha value is -3.38. The lowest BCUT2D eigenvalue weighted by atomic mass is 10.0. The van der Waals surface area contributed by atoms with E-state index in [4.69, 9.17) is 17.0 Å². The second-order valence-electron chi connectivity index (χ2n) is 5.64. The van der Waals surface area contributed by atoms with Crippen molar-refractivity contribution in [2.24, 2.45) is 5.10 Å². The topological polar surface area (TPSA) is 65.9 Å². The van der Waals surface area contributed by atoms with Gasteiger partial charge in [-0.05, 0) is 36.5 Å². The Kier molecular flexibility index (Phi) is 6.02. The van der Waals surface area contributed by atoms with Gasteiger partial charge in [0.2, 0.25) is 0 Å². The molecule has 3 rings (SSSR count). The number of nitrogens with one attached hydrogen (secondary N) is 2. The molecule has 0 unspecified atom stereocenters. The quantitative estimate of drug-likeness (QED) is 0.354. The molecule has 0 atom stereocenters. The van der Waals surface area contributed by atoms with Crippen LogP contribution >= 0.6 is 12.2 Å². The monoisotopic (exact) mass is 377 g/mol. The number of phenolic OH excluding ortho intramolecular Hbond substituents is 1. The SMILES string of the molecule is COc1ccc(C(=NNC(=S)Nc2ccccc2)c2ccccc2)c(O)c1. The molecule has 0 spiro atoms. The minimum atomic E-state index is 0.0701. The van der Waals surface area contributed by atoms with Crippen LogP contribution in [0.15, 0.2) is 84.0 Å². The summed E-state index contributed by atoms with van der Waals surface area (Å²) in [6.45, 7) is 0. The van der Waals surface area contributed by atoms with E-state index < -0.39 is 0 Å². The number of methoxy groups -OCH3 is 1. The maximum Gasteiger partial charge on any atom is 0.191 e. The smallest absolute Gasteiger partial charge is 0.191 e. The van der Waals surface area contributed by atoms with Gasteiger partial charge in [-0.1, -0.05) is 48.5 Å². The van der Waals surface area contributed by atoms with Crippen LogP contribution in [-0.2, 0) is 0 Å². The fourth-order valence-electron chi connectivity index (χ4n) is 2.50. The molecule has 0 aliphatic carbocycles. The van der Waals surface area contributed by atoms with Gasteiger partial charge in [0.25, 0.3) is 0 Å². The molecule has 27 heavy (non-hydrogen) atoms. The van der Waals surface area contributed by atoms with E-state index in [1.54, 1.807) is 25.3 Å². The maximum atomic E-state index is 10.4. The number of nitrogens with zero attached hydrogens (tertiary/aromatic N) is 1. The summed E-state index contributed by atoms with van der Waals surface area (Å²) in [5.74, 6) is 0.638. The highest BCUT2D eigenvalue weighted by molar-refractivity contribution is 7.80. The molecule has 3 aromatic rings. The van der Waals surface area contributed by atoms with Crippen molar-refractivity contribution in [1.29, 1.82) is 0 Å². The fraction of sp³-hybridized carbons (Fsp3) is 0.0476. The first-order valence-corrected chi connectivity index (χ1v) is 8.70. The molecule has 5 nitrogen and oxygen atoms in total. The first-order chi connectivity index (χ1) is 13.2. The molecule has 6 heteroatoms. The molecule has 3 N–H and O–H groups in total.